The number of hydrogen-bond donors (Lipinski definition) is 0. The number of para-hydroxylation sites is 1. The minimum atomic E-state index is 0.287. The summed E-state index contributed by atoms with van der Waals surface area (Å²) in [6, 6.07) is 18.3. The first-order chi connectivity index (χ1) is 12.4. The summed E-state index contributed by atoms with van der Waals surface area (Å²) >= 11 is 0. The Morgan fingerprint density at radius 2 is 1.52 bits per heavy atom. The van der Waals surface area contributed by atoms with Crippen LogP contribution in [0, 0.1) is 0 Å². The van der Waals surface area contributed by atoms with Gasteiger partial charge < -0.3 is 14.3 Å². The molecule has 0 fully saturated rings. The number of ether oxygens (including phenoxy) is 2. The molecular formula is C18H14N4O3. The second-order valence-electron chi connectivity index (χ2n) is 4.61. The predicted molar refractivity (Wildman–Crippen MR) is 93.3 cm³/mol. The van der Waals surface area contributed by atoms with Gasteiger partial charge in [-0.3, -0.25) is 0 Å². The Labute approximate surface area is 144 Å². The molecule has 7 heteroatoms. The van der Waals surface area contributed by atoms with E-state index in [2.05, 4.69) is 20.1 Å². The number of aliphatic imine (C=N–C) groups is 1. The van der Waals surface area contributed by atoms with E-state index in [-0.39, 0.29) is 6.01 Å². The van der Waals surface area contributed by atoms with E-state index >= 15 is 0 Å². The smallest absolute Gasteiger partial charge is 0.321 e. The molecule has 3 rings (SSSR count). The second-order valence-corrected chi connectivity index (χ2v) is 4.61. The molecular weight excluding hydrogens is 320 g/mol. The highest BCUT2D eigenvalue weighted by atomic mass is 16.6. The van der Waals surface area contributed by atoms with Gasteiger partial charge in [0.1, 0.15) is 11.5 Å². The highest BCUT2D eigenvalue weighted by Crippen LogP contribution is 2.21. The SMILES string of the molecule is C(=NOC=Nc1ccc(Oc2ncccn2)cc1)Oc1ccccc1. The highest BCUT2D eigenvalue weighted by molar-refractivity contribution is 5.58. The van der Waals surface area contributed by atoms with E-state index in [1.54, 1.807) is 42.7 Å². The fourth-order valence-corrected chi connectivity index (χ4v) is 1.76. The van der Waals surface area contributed by atoms with Gasteiger partial charge in [-0.2, -0.15) is 0 Å². The average molecular weight is 334 g/mol. The molecule has 0 aliphatic heterocycles. The summed E-state index contributed by atoms with van der Waals surface area (Å²) in [5.74, 6) is 1.28. The van der Waals surface area contributed by atoms with Gasteiger partial charge in [0, 0.05) is 12.4 Å². The number of benzene rings is 2. The standard InChI is InChI=1S/C18H14N4O3/c1-2-5-16(6-3-1)23-14-22-24-13-21-15-7-9-17(10-8-15)25-18-19-11-4-12-20-18/h1-14H. The third-order valence-corrected chi connectivity index (χ3v) is 2.87. The van der Waals surface area contributed by atoms with E-state index < -0.39 is 0 Å². The fourth-order valence-electron chi connectivity index (χ4n) is 1.76. The highest BCUT2D eigenvalue weighted by Gasteiger charge is 1.98. The van der Waals surface area contributed by atoms with Crippen LogP contribution in [0.1, 0.15) is 0 Å². The van der Waals surface area contributed by atoms with Crippen LogP contribution in [-0.4, -0.2) is 22.8 Å². The molecule has 1 heterocycles. The maximum Gasteiger partial charge on any atom is 0.321 e. The summed E-state index contributed by atoms with van der Waals surface area (Å²) in [6.07, 6.45) is 5.62. The normalized spacial score (nSPS) is 10.9. The molecule has 0 saturated heterocycles. The van der Waals surface area contributed by atoms with E-state index in [0.717, 1.165) is 0 Å². The number of oxime groups is 1. The third kappa shape index (κ3) is 5.43. The summed E-state index contributed by atoms with van der Waals surface area (Å²) in [6.45, 7) is 0. The van der Waals surface area contributed by atoms with Crippen LogP contribution in [-0.2, 0) is 4.84 Å². The van der Waals surface area contributed by atoms with Crippen molar-refractivity contribution in [3.63, 3.8) is 0 Å². The molecule has 0 spiro atoms. The zero-order valence-electron chi connectivity index (χ0n) is 13.1. The topological polar surface area (TPSA) is 78.2 Å². The molecule has 3 aromatic rings. The van der Waals surface area contributed by atoms with E-state index in [1.165, 1.54) is 12.8 Å². The first-order valence-electron chi connectivity index (χ1n) is 7.37. The summed E-state index contributed by atoms with van der Waals surface area (Å²) < 4.78 is 10.7. The summed E-state index contributed by atoms with van der Waals surface area (Å²) in [7, 11) is 0. The third-order valence-electron chi connectivity index (χ3n) is 2.87. The van der Waals surface area contributed by atoms with Gasteiger partial charge in [-0.1, -0.05) is 18.2 Å². The fraction of sp³-hybridized carbons (Fsp3) is 0. The average Bonchev–Trinajstić information content (AvgIpc) is 2.67. The Morgan fingerprint density at radius 1 is 0.760 bits per heavy atom. The van der Waals surface area contributed by atoms with Gasteiger partial charge >= 0.3 is 6.01 Å². The lowest BCUT2D eigenvalue weighted by molar-refractivity contribution is 0.335. The van der Waals surface area contributed by atoms with Gasteiger partial charge in [0.25, 0.3) is 0 Å². The monoisotopic (exact) mass is 334 g/mol. The van der Waals surface area contributed by atoms with E-state index in [1.807, 2.05) is 30.3 Å². The van der Waals surface area contributed by atoms with Crippen molar-refractivity contribution in [1.82, 2.24) is 9.97 Å². The molecule has 0 unspecified atom stereocenters. The van der Waals surface area contributed by atoms with Crippen LogP contribution < -0.4 is 9.47 Å². The van der Waals surface area contributed by atoms with Gasteiger partial charge in [-0.15, -0.1) is 0 Å². The number of hydrogen-bond acceptors (Lipinski definition) is 7. The predicted octanol–water partition coefficient (Wildman–Crippen LogP) is 3.97. The largest absolute Gasteiger partial charge is 0.442 e. The maximum atomic E-state index is 5.49. The molecule has 0 radical (unpaired) electrons. The molecule has 0 saturated carbocycles. The summed E-state index contributed by atoms with van der Waals surface area (Å²) in [4.78, 5) is 17.0. The minimum Gasteiger partial charge on any atom is -0.442 e. The molecule has 0 aliphatic rings. The molecule has 7 nitrogen and oxygen atoms in total. The molecule has 2 aromatic carbocycles. The van der Waals surface area contributed by atoms with Crippen molar-refractivity contribution in [3.8, 4) is 17.5 Å². The molecule has 0 bridgehead atoms. The molecule has 25 heavy (non-hydrogen) atoms. The number of aromatic nitrogens is 2. The Hall–Kier alpha value is -3.74. The zero-order chi connectivity index (χ0) is 17.2. The Morgan fingerprint density at radius 3 is 2.28 bits per heavy atom. The Kier molecular flexibility index (Phi) is 5.66. The number of rotatable bonds is 7. The van der Waals surface area contributed by atoms with Gasteiger partial charge in [0.05, 0.1) is 5.69 Å². The van der Waals surface area contributed by atoms with Crippen molar-refractivity contribution in [2.45, 2.75) is 0 Å². The lowest BCUT2D eigenvalue weighted by Crippen LogP contribution is -1.90. The number of nitrogens with zero attached hydrogens (tertiary/aromatic N) is 4. The Balaban J connectivity index is 1.45. The summed E-state index contributed by atoms with van der Waals surface area (Å²) in [5, 5.41) is 3.62. The first-order valence-corrected chi connectivity index (χ1v) is 7.37. The lowest BCUT2D eigenvalue weighted by atomic mass is 10.3. The lowest BCUT2D eigenvalue weighted by Gasteiger charge is -2.02. The van der Waals surface area contributed by atoms with Crippen molar-refractivity contribution in [1.29, 1.82) is 0 Å². The van der Waals surface area contributed by atoms with Crippen LogP contribution in [0.3, 0.4) is 0 Å². The van der Waals surface area contributed by atoms with Crippen molar-refractivity contribution < 1.29 is 14.3 Å². The molecule has 124 valence electrons. The zero-order valence-corrected chi connectivity index (χ0v) is 13.1. The molecule has 0 aliphatic carbocycles. The van der Waals surface area contributed by atoms with Crippen LogP contribution in [0.5, 0.6) is 17.5 Å². The van der Waals surface area contributed by atoms with E-state index in [9.17, 15) is 0 Å². The molecule has 0 amide bonds. The van der Waals surface area contributed by atoms with Gasteiger partial charge in [0.15, 0.2) is 0 Å². The van der Waals surface area contributed by atoms with Crippen LogP contribution in [0.15, 0.2) is 83.2 Å². The van der Waals surface area contributed by atoms with Crippen LogP contribution in [0.25, 0.3) is 0 Å². The van der Waals surface area contributed by atoms with Gasteiger partial charge in [0.2, 0.25) is 12.8 Å². The van der Waals surface area contributed by atoms with Crippen molar-refractivity contribution in [2.24, 2.45) is 10.1 Å². The van der Waals surface area contributed by atoms with Gasteiger partial charge in [-0.05, 0) is 47.6 Å². The minimum absolute atomic E-state index is 0.287. The van der Waals surface area contributed by atoms with Gasteiger partial charge in [-0.25, -0.2) is 15.0 Å². The quantitative estimate of drug-likeness (QED) is 0.371. The van der Waals surface area contributed by atoms with Crippen LogP contribution in [0.2, 0.25) is 0 Å². The molecule has 1 aromatic heterocycles. The van der Waals surface area contributed by atoms with Crippen LogP contribution in [0.4, 0.5) is 5.69 Å². The van der Waals surface area contributed by atoms with E-state index in [4.69, 9.17) is 14.3 Å². The van der Waals surface area contributed by atoms with Crippen LogP contribution >= 0.6 is 0 Å². The molecule has 0 atom stereocenters. The maximum absolute atomic E-state index is 5.49. The first kappa shape index (κ1) is 16.1. The Bertz CT molecular complexity index is 822. The summed E-state index contributed by atoms with van der Waals surface area (Å²) in [5.41, 5.74) is 0.681. The second kappa shape index (κ2) is 8.78. The van der Waals surface area contributed by atoms with Crippen molar-refractivity contribution in [2.75, 3.05) is 0 Å². The van der Waals surface area contributed by atoms with Crippen molar-refractivity contribution >= 4 is 18.5 Å². The molecule has 0 N–H and O–H groups in total. The van der Waals surface area contributed by atoms with Crippen molar-refractivity contribution in [3.05, 3.63) is 73.1 Å². The van der Waals surface area contributed by atoms with E-state index in [0.29, 0.717) is 17.2 Å².